The number of rotatable bonds is 4. The summed E-state index contributed by atoms with van der Waals surface area (Å²) in [7, 11) is 0. The molecule has 0 amide bonds. The number of aromatic nitrogens is 1. The molecule has 1 atom stereocenters. The lowest BCUT2D eigenvalue weighted by Gasteiger charge is -2.15. The smallest absolute Gasteiger partial charge is 0.312 e. The topological polar surface area (TPSA) is 50.2 Å². The van der Waals surface area contributed by atoms with Crippen molar-refractivity contribution in [1.29, 1.82) is 0 Å². The molecular weight excluding hydrogens is 214 g/mol. The molecule has 1 aromatic heterocycles. The van der Waals surface area contributed by atoms with E-state index in [9.17, 15) is 9.90 Å². The zero-order valence-corrected chi connectivity index (χ0v) is 10.4. The molecule has 1 unspecified atom stereocenters. The van der Waals surface area contributed by atoms with Crippen molar-refractivity contribution in [3.63, 3.8) is 0 Å². The maximum atomic E-state index is 11.3. The Balaban J connectivity index is 2.27. The number of aliphatic carboxylic acids is 1. The summed E-state index contributed by atoms with van der Waals surface area (Å²) in [4.78, 5) is 15.8. The van der Waals surface area contributed by atoms with Crippen molar-refractivity contribution in [2.75, 3.05) is 0 Å². The number of fused-ring (bicyclic) bond motifs is 1. The van der Waals surface area contributed by atoms with Gasteiger partial charge in [-0.25, -0.2) is 0 Å². The lowest BCUT2D eigenvalue weighted by atomic mass is 9.93. The average Bonchev–Trinajstić information content (AvgIpc) is 2.72. The number of carboxylic acid groups (broad SMARTS) is 1. The summed E-state index contributed by atoms with van der Waals surface area (Å²) in [6.07, 6.45) is 3.89. The van der Waals surface area contributed by atoms with Gasteiger partial charge in [0, 0.05) is 5.69 Å². The summed E-state index contributed by atoms with van der Waals surface area (Å²) in [5.41, 5.74) is 3.13. The van der Waals surface area contributed by atoms with Gasteiger partial charge in [0.2, 0.25) is 0 Å². The molecule has 1 aliphatic carbocycles. The van der Waals surface area contributed by atoms with Gasteiger partial charge in [0.1, 0.15) is 0 Å². The van der Waals surface area contributed by atoms with E-state index in [4.69, 9.17) is 0 Å². The quantitative estimate of drug-likeness (QED) is 0.870. The Labute approximate surface area is 102 Å². The van der Waals surface area contributed by atoms with Crippen molar-refractivity contribution in [1.82, 2.24) is 4.98 Å². The first-order valence-electron chi connectivity index (χ1n) is 6.29. The first-order chi connectivity index (χ1) is 8.08. The zero-order chi connectivity index (χ0) is 12.4. The molecule has 1 N–H and O–H groups in total. The van der Waals surface area contributed by atoms with Gasteiger partial charge in [-0.1, -0.05) is 19.9 Å². The molecule has 92 valence electrons. The summed E-state index contributed by atoms with van der Waals surface area (Å²) in [6.45, 7) is 4.09. The van der Waals surface area contributed by atoms with E-state index < -0.39 is 11.9 Å². The minimum absolute atomic E-state index is 0.367. The van der Waals surface area contributed by atoms with Crippen molar-refractivity contribution >= 4 is 5.97 Å². The number of aryl methyl sites for hydroxylation is 2. The molecule has 0 radical (unpaired) electrons. The van der Waals surface area contributed by atoms with Crippen LogP contribution in [0.3, 0.4) is 0 Å². The minimum atomic E-state index is -0.760. The fourth-order valence-electron chi connectivity index (χ4n) is 2.45. The third kappa shape index (κ3) is 2.65. The Morgan fingerprint density at radius 2 is 2.18 bits per heavy atom. The predicted octanol–water partition coefficient (Wildman–Crippen LogP) is 2.78. The van der Waals surface area contributed by atoms with Crippen LogP contribution in [0.4, 0.5) is 0 Å². The van der Waals surface area contributed by atoms with Gasteiger partial charge in [0.25, 0.3) is 0 Å². The normalized spacial score (nSPS) is 15.9. The summed E-state index contributed by atoms with van der Waals surface area (Å²) < 4.78 is 0. The second-order valence-corrected chi connectivity index (χ2v) is 5.22. The average molecular weight is 233 g/mol. The molecular formula is C14H19NO2. The molecule has 1 aromatic rings. The molecule has 1 heterocycles. The molecule has 1 aliphatic rings. The first-order valence-corrected chi connectivity index (χ1v) is 6.29. The van der Waals surface area contributed by atoms with Crippen LogP contribution in [0.15, 0.2) is 12.1 Å². The van der Waals surface area contributed by atoms with E-state index >= 15 is 0 Å². The van der Waals surface area contributed by atoms with Gasteiger partial charge in [-0.2, -0.15) is 0 Å². The lowest BCUT2D eigenvalue weighted by molar-refractivity contribution is -0.139. The van der Waals surface area contributed by atoms with Gasteiger partial charge in [-0.15, -0.1) is 0 Å². The lowest BCUT2D eigenvalue weighted by Crippen LogP contribution is -2.16. The Hall–Kier alpha value is -1.38. The largest absolute Gasteiger partial charge is 0.481 e. The molecule has 17 heavy (non-hydrogen) atoms. The predicted molar refractivity (Wildman–Crippen MR) is 66.1 cm³/mol. The van der Waals surface area contributed by atoms with Crippen molar-refractivity contribution in [2.45, 2.75) is 45.4 Å². The second kappa shape index (κ2) is 4.86. The molecule has 0 spiro atoms. The summed E-state index contributed by atoms with van der Waals surface area (Å²) in [5.74, 6) is -0.851. The maximum Gasteiger partial charge on any atom is 0.312 e. The van der Waals surface area contributed by atoms with E-state index in [0.717, 1.165) is 30.7 Å². The summed E-state index contributed by atoms with van der Waals surface area (Å²) >= 11 is 0. The van der Waals surface area contributed by atoms with Crippen molar-refractivity contribution in [3.05, 3.63) is 29.1 Å². The Kier molecular flexibility index (Phi) is 3.46. The number of carboxylic acids is 1. The van der Waals surface area contributed by atoms with Gasteiger partial charge in [-0.05, 0) is 43.2 Å². The van der Waals surface area contributed by atoms with Crippen LogP contribution >= 0.6 is 0 Å². The van der Waals surface area contributed by atoms with Crippen LogP contribution in [0.2, 0.25) is 0 Å². The van der Waals surface area contributed by atoms with E-state index in [0.29, 0.717) is 12.3 Å². The molecule has 0 bridgehead atoms. The fraction of sp³-hybridized carbons (Fsp3) is 0.571. The molecule has 3 nitrogen and oxygen atoms in total. The number of nitrogens with zero attached hydrogens (tertiary/aromatic N) is 1. The minimum Gasteiger partial charge on any atom is -0.481 e. The van der Waals surface area contributed by atoms with Crippen molar-refractivity contribution in [2.24, 2.45) is 5.92 Å². The fourth-order valence-corrected chi connectivity index (χ4v) is 2.45. The Morgan fingerprint density at radius 3 is 2.82 bits per heavy atom. The van der Waals surface area contributed by atoms with Crippen LogP contribution in [-0.2, 0) is 17.6 Å². The number of pyridine rings is 1. The van der Waals surface area contributed by atoms with Gasteiger partial charge < -0.3 is 5.11 Å². The number of hydrogen-bond donors (Lipinski definition) is 1. The molecule has 2 rings (SSSR count). The molecule has 0 aliphatic heterocycles. The highest BCUT2D eigenvalue weighted by Crippen LogP contribution is 2.26. The van der Waals surface area contributed by atoms with Crippen LogP contribution in [-0.4, -0.2) is 16.1 Å². The monoisotopic (exact) mass is 233 g/mol. The molecule has 0 saturated carbocycles. The molecule has 0 aromatic carbocycles. The van der Waals surface area contributed by atoms with Crippen LogP contribution in [0, 0.1) is 5.92 Å². The van der Waals surface area contributed by atoms with Crippen molar-refractivity contribution < 1.29 is 9.90 Å². The summed E-state index contributed by atoms with van der Waals surface area (Å²) in [6, 6.07) is 3.95. The van der Waals surface area contributed by atoms with Crippen LogP contribution in [0.25, 0.3) is 0 Å². The van der Waals surface area contributed by atoms with E-state index in [-0.39, 0.29) is 0 Å². The molecule has 3 heteroatoms. The third-order valence-electron chi connectivity index (χ3n) is 3.31. The number of hydrogen-bond acceptors (Lipinski definition) is 2. The highest BCUT2D eigenvalue weighted by Gasteiger charge is 2.24. The third-order valence-corrected chi connectivity index (χ3v) is 3.31. The number of carbonyl (C=O) groups is 1. The van der Waals surface area contributed by atoms with E-state index in [1.807, 2.05) is 19.9 Å². The summed E-state index contributed by atoms with van der Waals surface area (Å²) in [5, 5.41) is 9.28. The van der Waals surface area contributed by atoms with Crippen LogP contribution < -0.4 is 0 Å². The van der Waals surface area contributed by atoms with E-state index in [2.05, 4.69) is 11.1 Å². The van der Waals surface area contributed by atoms with Crippen molar-refractivity contribution in [3.8, 4) is 0 Å². The SMILES string of the molecule is CC(C)CC(C(=O)O)c1ccc2c(n1)CCC2. The Bertz CT molecular complexity index is 426. The maximum absolute atomic E-state index is 11.3. The van der Waals surface area contributed by atoms with E-state index in [1.165, 1.54) is 5.56 Å². The molecule has 0 fully saturated rings. The highest BCUT2D eigenvalue weighted by atomic mass is 16.4. The zero-order valence-electron chi connectivity index (χ0n) is 10.4. The van der Waals surface area contributed by atoms with Crippen LogP contribution in [0.1, 0.15) is 49.6 Å². The van der Waals surface area contributed by atoms with Gasteiger partial charge in [0.05, 0.1) is 11.6 Å². The Morgan fingerprint density at radius 1 is 1.41 bits per heavy atom. The van der Waals surface area contributed by atoms with E-state index in [1.54, 1.807) is 0 Å². The molecule has 0 saturated heterocycles. The highest BCUT2D eigenvalue weighted by molar-refractivity contribution is 5.75. The first kappa shape index (κ1) is 12.1. The van der Waals surface area contributed by atoms with Gasteiger partial charge >= 0.3 is 5.97 Å². The van der Waals surface area contributed by atoms with Gasteiger partial charge in [0.15, 0.2) is 0 Å². The van der Waals surface area contributed by atoms with Gasteiger partial charge in [-0.3, -0.25) is 9.78 Å². The standard InChI is InChI=1S/C14H19NO2/c1-9(2)8-11(14(16)17)13-7-6-10-4-3-5-12(10)15-13/h6-7,9,11H,3-5,8H2,1-2H3,(H,16,17). The van der Waals surface area contributed by atoms with Crippen LogP contribution in [0.5, 0.6) is 0 Å². The second-order valence-electron chi connectivity index (χ2n) is 5.22.